The van der Waals surface area contributed by atoms with Crippen LogP contribution in [0.15, 0.2) is 24.4 Å². The molecule has 0 aliphatic carbocycles. The van der Waals surface area contributed by atoms with Gasteiger partial charge < -0.3 is 33.7 Å². The molecule has 0 aliphatic rings. The molecule has 1 N–H and O–H groups in total. The van der Waals surface area contributed by atoms with E-state index >= 15 is 0 Å². The second kappa shape index (κ2) is 14.4. The Labute approximate surface area is 219 Å². The van der Waals surface area contributed by atoms with Crippen LogP contribution in [-0.4, -0.2) is 81.5 Å². The number of ether oxygens (including phenoxy) is 5. The van der Waals surface area contributed by atoms with Crippen molar-refractivity contribution in [2.24, 2.45) is 0 Å². The molecule has 18 nitrogen and oxygen atoms in total. The molecule has 0 saturated heterocycles. The summed E-state index contributed by atoms with van der Waals surface area (Å²) in [5.41, 5.74) is -0.215. The first-order valence-electron chi connectivity index (χ1n) is 10.8. The van der Waals surface area contributed by atoms with Crippen LogP contribution in [0.3, 0.4) is 0 Å². The minimum atomic E-state index is -1.16. The Morgan fingerprint density at radius 2 is 1.59 bits per heavy atom. The normalized spacial score (nSPS) is 10.2. The Kier molecular flexibility index (Phi) is 11.1. The predicted molar refractivity (Wildman–Crippen MR) is 123 cm³/mol. The van der Waals surface area contributed by atoms with Crippen LogP contribution in [0.1, 0.15) is 19.5 Å². The van der Waals surface area contributed by atoms with E-state index < -0.39 is 73.7 Å². The molecular weight excluding hydrogens is 530 g/mol. The Bertz CT molecular complexity index is 1190. The topological polar surface area (TPSA) is 229 Å². The number of carbonyl (C=O) groups is 5. The van der Waals surface area contributed by atoms with Crippen molar-refractivity contribution in [2.45, 2.75) is 27.0 Å². The maximum atomic E-state index is 12.4. The number of carboxylic acids is 1. The summed E-state index contributed by atoms with van der Waals surface area (Å²) >= 11 is 0. The van der Waals surface area contributed by atoms with E-state index in [1.165, 1.54) is 12.3 Å². The molecule has 0 amide bonds. The van der Waals surface area contributed by atoms with Gasteiger partial charge in [-0.15, -0.1) is 5.10 Å². The minimum absolute atomic E-state index is 0.00685. The maximum absolute atomic E-state index is 12.4. The summed E-state index contributed by atoms with van der Waals surface area (Å²) in [6.07, 6.45) is 1.28. The number of esters is 4. The van der Waals surface area contributed by atoms with Crippen LogP contribution < -0.4 is 9.64 Å². The van der Waals surface area contributed by atoms with Gasteiger partial charge in [0.25, 0.3) is 5.69 Å². The molecule has 0 fully saturated rings. The van der Waals surface area contributed by atoms with E-state index in [1.807, 2.05) is 0 Å². The molecule has 0 aliphatic heterocycles. The highest BCUT2D eigenvalue weighted by Gasteiger charge is 2.23. The third-order valence-corrected chi connectivity index (χ3v) is 4.36. The number of benzene rings is 1. The summed E-state index contributed by atoms with van der Waals surface area (Å²) in [6, 6.07) is 3.32. The number of nitro groups is 1. The Balaban J connectivity index is 2.30. The zero-order valence-corrected chi connectivity index (χ0v) is 20.6. The number of nitro benzene ring substituents is 1. The van der Waals surface area contributed by atoms with Crippen molar-refractivity contribution in [3.8, 4) is 5.75 Å². The molecule has 0 atom stereocenters. The zero-order valence-electron chi connectivity index (χ0n) is 20.6. The molecule has 0 radical (unpaired) electrons. The molecule has 1 aromatic carbocycles. The van der Waals surface area contributed by atoms with E-state index in [2.05, 4.69) is 19.8 Å². The summed E-state index contributed by atoms with van der Waals surface area (Å²) in [5.74, 6) is -4.65. The predicted octanol–water partition coefficient (Wildman–Crippen LogP) is -0.216. The summed E-state index contributed by atoms with van der Waals surface area (Å²) < 4.78 is 25.4. The fourth-order valence-electron chi connectivity index (χ4n) is 2.75. The molecule has 210 valence electrons. The van der Waals surface area contributed by atoms with Crippen molar-refractivity contribution in [3.05, 3.63) is 40.2 Å². The number of rotatable bonds is 15. The van der Waals surface area contributed by atoms with Gasteiger partial charge in [-0.3, -0.25) is 34.1 Å². The lowest BCUT2D eigenvalue weighted by Gasteiger charge is -2.25. The molecule has 18 heteroatoms. The van der Waals surface area contributed by atoms with Gasteiger partial charge in [0, 0.05) is 19.9 Å². The lowest BCUT2D eigenvalue weighted by Crippen LogP contribution is -2.37. The van der Waals surface area contributed by atoms with E-state index in [-0.39, 0.29) is 23.7 Å². The molecule has 0 bridgehead atoms. The van der Waals surface area contributed by atoms with Crippen LogP contribution in [0, 0.1) is 10.1 Å². The van der Waals surface area contributed by atoms with Crippen LogP contribution in [0.5, 0.6) is 5.75 Å². The van der Waals surface area contributed by atoms with Gasteiger partial charge in [0.2, 0.25) is 13.6 Å². The van der Waals surface area contributed by atoms with Crippen molar-refractivity contribution in [3.63, 3.8) is 0 Å². The first kappa shape index (κ1) is 29.9. The monoisotopic (exact) mass is 553 g/mol. The SMILES string of the molecule is CC(=O)OCOC(=O)CN(CC(=O)OCOC(C)=O)c1ccc([N+](=O)[O-])cc1OCc1cn(CC(=O)O)nn1. The van der Waals surface area contributed by atoms with Crippen molar-refractivity contribution < 1.29 is 57.7 Å². The highest BCUT2D eigenvalue weighted by atomic mass is 16.7. The number of nitrogens with zero attached hydrogens (tertiary/aromatic N) is 5. The van der Waals surface area contributed by atoms with Gasteiger partial charge in [-0.2, -0.15) is 0 Å². The van der Waals surface area contributed by atoms with E-state index in [0.29, 0.717) is 0 Å². The number of anilines is 1. The fourth-order valence-corrected chi connectivity index (χ4v) is 2.75. The lowest BCUT2D eigenvalue weighted by atomic mass is 10.2. The Morgan fingerprint density at radius 3 is 2.10 bits per heavy atom. The van der Waals surface area contributed by atoms with Gasteiger partial charge in [0.15, 0.2) is 0 Å². The van der Waals surface area contributed by atoms with E-state index in [9.17, 15) is 34.1 Å². The Morgan fingerprint density at radius 1 is 1.00 bits per heavy atom. The number of carboxylic acid groups (broad SMARTS) is 1. The van der Waals surface area contributed by atoms with E-state index in [1.54, 1.807) is 0 Å². The molecule has 39 heavy (non-hydrogen) atoms. The summed E-state index contributed by atoms with van der Waals surface area (Å²) in [4.78, 5) is 69.1. The van der Waals surface area contributed by atoms with Gasteiger partial charge in [-0.1, -0.05) is 5.21 Å². The molecule has 0 spiro atoms. The smallest absolute Gasteiger partial charge is 0.328 e. The Hall–Kier alpha value is -5.29. The van der Waals surface area contributed by atoms with Crippen LogP contribution >= 0.6 is 0 Å². The van der Waals surface area contributed by atoms with E-state index in [4.69, 9.17) is 19.3 Å². The second-order valence-corrected chi connectivity index (χ2v) is 7.40. The average Bonchev–Trinajstić information content (AvgIpc) is 3.28. The number of hydrogen-bond donors (Lipinski definition) is 1. The standard InChI is InChI=1S/C21H23N5O13/c1-13(27)36-11-38-20(31)8-24(9-21(32)39-12-37-14(2)28)17-4-3-16(26(33)34)5-18(17)35-10-15-6-25(23-22-15)7-19(29)30/h3-6H,7-12H2,1-2H3,(H,29,30). The summed E-state index contributed by atoms with van der Waals surface area (Å²) in [6.45, 7) is -1.26. The number of carbonyl (C=O) groups excluding carboxylic acids is 4. The zero-order chi connectivity index (χ0) is 28.9. The third kappa shape index (κ3) is 10.7. The van der Waals surface area contributed by atoms with Gasteiger partial charge in [0.05, 0.1) is 22.9 Å². The van der Waals surface area contributed by atoms with Gasteiger partial charge in [-0.05, 0) is 6.07 Å². The van der Waals surface area contributed by atoms with Crippen LogP contribution in [0.4, 0.5) is 11.4 Å². The van der Waals surface area contributed by atoms with Gasteiger partial charge in [0.1, 0.15) is 37.7 Å². The van der Waals surface area contributed by atoms with Crippen LogP contribution in [0.2, 0.25) is 0 Å². The number of aromatic nitrogens is 3. The van der Waals surface area contributed by atoms with Crippen LogP contribution in [0.25, 0.3) is 0 Å². The third-order valence-electron chi connectivity index (χ3n) is 4.36. The first-order valence-corrected chi connectivity index (χ1v) is 10.8. The molecule has 2 rings (SSSR count). The molecule has 0 unspecified atom stereocenters. The van der Waals surface area contributed by atoms with Crippen LogP contribution in [-0.2, 0) is 56.1 Å². The van der Waals surface area contributed by atoms with Crippen molar-refractivity contribution >= 4 is 41.2 Å². The minimum Gasteiger partial charge on any atom is -0.485 e. The lowest BCUT2D eigenvalue weighted by molar-refractivity contribution is -0.384. The first-order chi connectivity index (χ1) is 18.4. The second-order valence-electron chi connectivity index (χ2n) is 7.40. The quantitative estimate of drug-likeness (QED) is 0.130. The van der Waals surface area contributed by atoms with Gasteiger partial charge in [-0.25, -0.2) is 4.68 Å². The molecular formula is C21H23N5O13. The van der Waals surface area contributed by atoms with Crippen molar-refractivity contribution in [1.82, 2.24) is 15.0 Å². The highest BCUT2D eigenvalue weighted by molar-refractivity contribution is 5.83. The van der Waals surface area contributed by atoms with Crippen molar-refractivity contribution in [2.75, 3.05) is 31.6 Å². The molecule has 0 saturated carbocycles. The fraction of sp³-hybridized carbons (Fsp3) is 0.381. The molecule has 1 heterocycles. The maximum Gasteiger partial charge on any atom is 0.328 e. The summed E-state index contributed by atoms with van der Waals surface area (Å²) in [7, 11) is 0. The largest absolute Gasteiger partial charge is 0.485 e. The number of aliphatic carboxylic acids is 1. The highest BCUT2D eigenvalue weighted by Crippen LogP contribution is 2.33. The number of hydrogen-bond acceptors (Lipinski definition) is 15. The number of non-ortho nitro benzene ring substituents is 1. The molecule has 1 aromatic heterocycles. The van der Waals surface area contributed by atoms with Crippen molar-refractivity contribution in [1.29, 1.82) is 0 Å². The van der Waals surface area contributed by atoms with E-state index in [0.717, 1.165) is 35.6 Å². The average molecular weight is 553 g/mol. The summed E-state index contributed by atoms with van der Waals surface area (Å²) in [5, 5.41) is 27.6. The molecule has 2 aromatic rings. The van der Waals surface area contributed by atoms with Gasteiger partial charge >= 0.3 is 29.8 Å².